The molecule has 1 aliphatic rings. The van der Waals surface area contributed by atoms with Crippen molar-refractivity contribution < 1.29 is 9.52 Å². The van der Waals surface area contributed by atoms with Crippen LogP contribution in [0, 0.1) is 0 Å². The van der Waals surface area contributed by atoms with Crippen LogP contribution >= 0.6 is 0 Å². The normalized spacial score (nSPS) is 16.5. The van der Waals surface area contributed by atoms with E-state index in [9.17, 15) is 9.90 Å². The van der Waals surface area contributed by atoms with E-state index in [0.717, 1.165) is 37.9 Å². The highest BCUT2D eigenvalue weighted by Gasteiger charge is 2.19. The van der Waals surface area contributed by atoms with Gasteiger partial charge in [-0.3, -0.25) is 9.69 Å². The summed E-state index contributed by atoms with van der Waals surface area (Å²) in [7, 11) is 0. The number of para-hydroxylation sites is 1. The fourth-order valence-corrected chi connectivity index (χ4v) is 2.75. The SMILES string of the molecule is O=c1cc(CN2CCC(Nc3ccccc3)CC2)occ1O. The maximum absolute atomic E-state index is 11.4. The summed E-state index contributed by atoms with van der Waals surface area (Å²) in [5.41, 5.74) is 0.771. The third-order valence-corrected chi connectivity index (χ3v) is 3.98. The molecule has 0 atom stereocenters. The molecule has 5 heteroatoms. The third-order valence-electron chi connectivity index (χ3n) is 3.98. The van der Waals surface area contributed by atoms with Gasteiger partial charge in [-0.15, -0.1) is 0 Å². The van der Waals surface area contributed by atoms with Crippen LogP contribution in [0.25, 0.3) is 0 Å². The van der Waals surface area contributed by atoms with Gasteiger partial charge in [-0.05, 0) is 25.0 Å². The van der Waals surface area contributed by atoms with Gasteiger partial charge < -0.3 is 14.8 Å². The van der Waals surface area contributed by atoms with E-state index in [2.05, 4.69) is 22.3 Å². The second-order valence-electron chi connectivity index (χ2n) is 5.66. The van der Waals surface area contributed by atoms with E-state index in [-0.39, 0.29) is 11.2 Å². The minimum Gasteiger partial charge on any atom is -0.502 e. The maximum atomic E-state index is 11.4. The zero-order valence-corrected chi connectivity index (χ0v) is 12.4. The molecule has 2 N–H and O–H groups in total. The summed E-state index contributed by atoms with van der Waals surface area (Å²) in [5.74, 6) is 0.256. The van der Waals surface area contributed by atoms with Crippen molar-refractivity contribution in [1.29, 1.82) is 0 Å². The van der Waals surface area contributed by atoms with E-state index in [1.165, 1.54) is 6.07 Å². The van der Waals surface area contributed by atoms with E-state index in [1.807, 2.05) is 18.2 Å². The highest BCUT2D eigenvalue weighted by molar-refractivity contribution is 5.43. The van der Waals surface area contributed by atoms with Crippen LogP contribution in [-0.2, 0) is 6.54 Å². The lowest BCUT2D eigenvalue weighted by atomic mass is 10.0. The molecule has 0 saturated carbocycles. The van der Waals surface area contributed by atoms with Gasteiger partial charge in [0.25, 0.3) is 0 Å². The van der Waals surface area contributed by atoms with E-state index < -0.39 is 0 Å². The molecule has 0 radical (unpaired) electrons. The van der Waals surface area contributed by atoms with E-state index in [0.29, 0.717) is 18.3 Å². The molecule has 0 amide bonds. The van der Waals surface area contributed by atoms with Crippen LogP contribution in [0.2, 0.25) is 0 Å². The summed E-state index contributed by atoms with van der Waals surface area (Å²) in [6, 6.07) is 12.1. The van der Waals surface area contributed by atoms with Gasteiger partial charge in [0.05, 0.1) is 6.54 Å². The van der Waals surface area contributed by atoms with Gasteiger partial charge in [0.1, 0.15) is 12.0 Å². The first-order valence-corrected chi connectivity index (χ1v) is 7.55. The number of piperidine rings is 1. The molecule has 5 nitrogen and oxygen atoms in total. The van der Waals surface area contributed by atoms with E-state index in [4.69, 9.17) is 4.42 Å². The largest absolute Gasteiger partial charge is 0.502 e. The number of benzene rings is 1. The monoisotopic (exact) mass is 300 g/mol. The molecule has 22 heavy (non-hydrogen) atoms. The average Bonchev–Trinajstić information content (AvgIpc) is 2.54. The van der Waals surface area contributed by atoms with Crippen LogP contribution in [0.5, 0.6) is 5.75 Å². The van der Waals surface area contributed by atoms with Gasteiger partial charge in [-0.2, -0.15) is 0 Å². The van der Waals surface area contributed by atoms with Gasteiger partial charge in [-0.25, -0.2) is 0 Å². The van der Waals surface area contributed by atoms with Crippen molar-refractivity contribution in [3.05, 3.63) is 58.6 Å². The molecule has 0 aliphatic carbocycles. The summed E-state index contributed by atoms with van der Waals surface area (Å²) in [5, 5.41) is 12.7. The Morgan fingerprint density at radius 3 is 2.64 bits per heavy atom. The number of hydrogen-bond donors (Lipinski definition) is 2. The number of aromatic hydroxyl groups is 1. The van der Waals surface area contributed by atoms with Crippen molar-refractivity contribution in [3.8, 4) is 5.75 Å². The second kappa shape index (κ2) is 6.66. The number of nitrogens with one attached hydrogen (secondary N) is 1. The van der Waals surface area contributed by atoms with Crippen LogP contribution in [0.4, 0.5) is 5.69 Å². The standard InChI is InChI=1S/C17H20N2O3/c20-16-10-15(22-12-17(16)21)11-19-8-6-14(7-9-19)18-13-4-2-1-3-5-13/h1-5,10,12,14,18,21H,6-9,11H2. The Morgan fingerprint density at radius 2 is 1.95 bits per heavy atom. The summed E-state index contributed by atoms with van der Waals surface area (Å²) in [6.07, 6.45) is 3.22. The van der Waals surface area contributed by atoms with Crippen molar-refractivity contribution >= 4 is 5.69 Å². The number of nitrogens with zero attached hydrogens (tertiary/aromatic N) is 1. The molecule has 1 saturated heterocycles. The number of rotatable bonds is 4. The van der Waals surface area contributed by atoms with Crippen molar-refractivity contribution in [2.45, 2.75) is 25.4 Å². The summed E-state index contributed by atoms with van der Waals surface area (Å²) >= 11 is 0. The smallest absolute Gasteiger partial charge is 0.226 e. The fourth-order valence-electron chi connectivity index (χ4n) is 2.75. The van der Waals surface area contributed by atoms with Crippen molar-refractivity contribution in [2.75, 3.05) is 18.4 Å². The number of hydrogen-bond acceptors (Lipinski definition) is 5. The van der Waals surface area contributed by atoms with Crippen LogP contribution < -0.4 is 10.7 Å². The molecule has 1 aromatic heterocycles. The van der Waals surface area contributed by atoms with Gasteiger partial charge in [0, 0.05) is 30.9 Å². The second-order valence-corrected chi connectivity index (χ2v) is 5.66. The number of likely N-dealkylation sites (tertiary alicyclic amines) is 1. The van der Waals surface area contributed by atoms with Crippen LogP contribution in [0.15, 0.2) is 51.9 Å². The third kappa shape index (κ3) is 3.68. The highest BCUT2D eigenvalue weighted by Crippen LogP contribution is 2.18. The molecule has 116 valence electrons. The number of anilines is 1. The Hall–Kier alpha value is -2.27. The first kappa shape index (κ1) is 14.7. The Kier molecular flexibility index (Phi) is 4.44. The van der Waals surface area contributed by atoms with Gasteiger partial charge in [0.15, 0.2) is 5.75 Å². The van der Waals surface area contributed by atoms with Gasteiger partial charge in [0.2, 0.25) is 5.43 Å². The highest BCUT2D eigenvalue weighted by atomic mass is 16.4. The first-order chi connectivity index (χ1) is 10.7. The zero-order chi connectivity index (χ0) is 15.4. The average molecular weight is 300 g/mol. The molecular formula is C17H20N2O3. The van der Waals surface area contributed by atoms with Gasteiger partial charge >= 0.3 is 0 Å². The molecule has 1 fully saturated rings. The molecule has 3 rings (SSSR count). The van der Waals surface area contributed by atoms with E-state index in [1.54, 1.807) is 0 Å². The van der Waals surface area contributed by atoms with Crippen LogP contribution in [0.1, 0.15) is 18.6 Å². The Morgan fingerprint density at radius 1 is 1.23 bits per heavy atom. The van der Waals surface area contributed by atoms with Crippen molar-refractivity contribution in [1.82, 2.24) is 4.90 Å². The lowest BCUT2D eigenvalue weighted by Crippen LogP contribution is -2.38. The maximum Gasteiger partial charge on any atom is 0.226 e. The molecule has 1 aliphatic heterocycles. The Labute approximate surface area is 129 Å². The molecule has 1 aromatic carbocycles. The lowest BCUT2D eigenvalue weighted by Gasteiger charge is -2.32. The van der Waals surface area contributed by atoms with E-state index >= 15 is 0 Å². The molecule has 0 bridgehead atoms. The molecular weight excluding hydrogens is 280 g/mol. The Bertz CT molecular complexity index is 661. The molecule has 0 spiro atoms. The van der Waals surface area contributed by atoms with Crippen LogP contribution in [-0.4, -0.2) is 29.1 Å². The minimum absolute atomic E-state index is 0.338. The van der Waals surface area contributed by atoms with Crippen molar-refractivity contribution in [2.24, 2.45) is 0 Å². The Balaban J connectivity index is 1.51. The van der Waals surface area contributed by atoms with Gasteiger partial charge in [-0.1, -0.05) is 18.2 Å². The fraction of sp³-hybridized carbons (Fsp3) is 0.353. The zero-order valence-electron chi connectivity index (χ0n) is 12.4. The predicted octanol–water partition coefficient (Wildman–Crippen LogP) is 2.42. The topological polar surface area (TPSA) is 65.7 Å². The lowest BCUT2D eigenvalue weighted by molar-refractivity contribution is 0.194. The van der Waals surface area contributed by atoms with Crippen LogP contribution in [0.3, 0.4) is 0 Å². The quantitative estimate of drug-likeness (QED) is 0.908. The first-order valence-electron chi connectivity index (χ1n) is 7.55. The summed E-state index contributed by atoms with van der Waals surface area (Å²) in [6.45, 7) is 2.51. The molecule has 2 aromatic rings. The van der Waals surface area contributed by atoms with Crippen molar-refractivity contribution in [3.63, 3.8) is 0 Å². The predicted molar refractivity (Wildman–Crippen MR) is 85.0 cm³/mol. The summed E-state index contributed by atoms with van der Waals surface area (Å²) in [4.78, 5) is 13.7. The minimum atomic E-state index is -0.387. The molecule has 2 heterocycles. The molecule has 0 unspecified atom stereocenters. The summed E-state index contributed by atoms with van der Waals surface area (Å²) < 4.78 is 5.26.